The first-order valence-corrected chi connectivity index (χ1v) is 16.7. The second kappa shape index (κ2) is 12.6. The fourth-order valence-corrected chi connectivity index (χ4v) is 8.09. The van der Waals surface area contributed by atoms with Gasteiger partial charge in [-0.1, -0.05) is 62.2 Å². The average molecular weight is 684 g/mol. The number of morpholine rings is 1. The monoisotopic (exact) mass is 682 g/mol. The van der Waals surface area contributed by atoms with E-state index in [2.05, 4.69) is 41.6 Å². The van der Waals surface area contributed by atoms with Gasteiger partial charge in [0.25, 0.3) is 0 Å². The van der Waals surface area contributed by atoms with Crippen molar-refractivity contribution < 1.29 is 23.5 Å². The van der Waals surface area contributed by atoms with Crippen molar-refractivity contribution in [3.8, 4) is 5.75 Å². The normalized spacial score (nSPS) is 27.1. The fourth-order valence-electron chi connectivity index (χ4n) is 7.73. The van der Waals surface area contributed by atoms with Crippen molar-refractivity contribution in [2.75, 3.05) is 35.7 Å². The highest BCUT2D eigenvalue weighted by molar-refractivity contribution is 6.31. The molecule has 3 aromatic rings. The molecule has 0 radical (unpaired) electrons. The van der Waals surface area contributed by atoms with Gasteiger partial charge in [-0.3, -0.25) is 9.59 Å². The van der Waals surface area contributed by atoms with E-state index in [9.17, 15) is 9.59 Å². The molecule has 0 aliphatic carbocycles. The van der Waals surface area contributed by atoms with Crippen LogP contribution in [0.4, 0.5) is 21.5 Å². The lowest BCUT2D eigenvalue weighted by Gasteiger charge is -2.37. The summed E-state index contributed by atoms with van der Waals surface area (Å²) < 4.78 is 27.7. The highest BCUT2D eigenvalue weighted by Crippen LogP contribution is 2.57. The smallest absolute Gasteiger partial charge is 0.242 e. The first-order chi connectivity index (χ1) is 22.2. The van der Waals surface area contributed by atoms with Gasteiger partial charge in [-0.05, 0) is 67.1 Å². The molecule has 3 heterocycles. The van der Waals surface area contributed by atoms with E-state index in [4.69, 9.17) is 32.7 Å². The second-order valence-electron chi connectivity index (χ2n) is 14.1. The summed E-state index contributed by atoms with van der Waals surface area (Å²) in [5.74, 6) is -1.91. The highest BCUT2D eigenvalue weighted by Gasteiger charge is 2.66. The molecule has 6 atom stereocenters. The van der Waals surface area contributed by atoms with E-state index in [0.717, 1.165) is 18.8 Å². The molecule has 8 nitrogen and oxygen atoms in total. The van der Waals surface area contributed by atoms with E-state index in [1.807, 2.05) is 32.0 Å². The summed E-state index contributed by atoms with van der Waals surface area (Å²) in [4.78, 5) is 31.1. The topological polar surface area (TPSA) is 91.9 Å². The standard InChI is InChI=1S/C36H41Cl2FN4O4/c1-19-17-43(18-20(2)47-19)22-11-13-26(28(15-22)46-6)40-33(44)32-30(23-8-7-9-25(38)31(23)39)36(29(42-32)16-35(3,4)5)24-12-10-21(37)14-27(24)41-34(36)45/h7-15,19-20,29-30,32,42H,16-18H2,1-6H3,(H,40,44)(H,41,45)/t19?,20?,29-,30-,32+,36+/m0/s1. The molecule has 6 rings (SSSR count). The Morgan fingerprint density at radius 2 is 1.83 bits per heavy atom. The number of nitrogens with zero attached hydrogens (tertiary/aromatic N) is 1. The molecule has 0 bridgehead atoms. The van der Waals surface area contributed by atoms with E-state index in [0.29, 0.717) is 34.1 Å². The molecule has 3 aliphatic rings. The summed E-state index contributed by atoms with van der Waals surface area (Å²) in [7, 11) is 1.55. The average Bonchev–Trinajstić information content (AvgIpc) is 3.47. The molecule has 2 saturated heterocycles. The highest BCUT2D eigenvalue weighted by atomic mass is 35.5. The van der Waals surface area contributed by atoms with Gasteiger partial charge in [0.05, 0.1) is 36.1 Å². The first kappa shape index (κ1) is 33.5. The summed E-state index contributed by atoms with van der Waals surface area (Å²) in [5, 5.41) is 9.93. The lowest BCUT2D eigenvalue weighted by Crippen LogP contribution is -2.49. The molecule has 47 heavy (non-hydrogen) atoms. The van der Waals surface area contributed by atoms with Crippen molar-refractivity contribution in [2.24, 2.45) is 5.41 Å². The number of hydrogen-bond acceptors (Lipinski definition) is 6. The molecule has 2 fully saturated rings. The van der Waals surface area contributed by atoms with Crippen molar-refractivity contribution in [3.05, 3.63) is 81.6 Å². The number of methoxy groups -OCH3 is 1. The molecular weight excluding hydrogens is 642 g/mol. The van der Waals surface area contributed by atoms with E-state index in [1.165, 1.54) is 6.07 Å². The van der Waals surface area contributed by atoms with Gasteiger partial charge >= 0.3 is 0 Å². The summed E-state index contributed by atoms with van der Waals surface area (Å²) in [6.45, 7) is 11.8. The molecule has 2 amide bonds. The van der Waals surface area contributed by atoms with Crippen molar-refractivity contribution in [3.63, 3.8) is 0 Å². The van der Waals surface area contributed by atoms with Crippen LogP contribution in [0, 0.1) is 11.2 Å². The third-order valence-corrected chi connectivity index (χ3v) is 9.98. The summed E-state index contributed by atoms with van der Waals surface area (Å²) in [6, 6.07) is 14.0. The summed E-state index contributed by atoms with van der Waals surface area (Å²) >= 11 is 12.7. The second-order valence-corrected chi connectivity index (χ2v) is 15.0. The van der Waals surface area contributed by atoms with Gasteiger partial charge in [0.15, 0.2) is 0 Å². The minimum Gasteiger partial charge on any atom is -0.494 e. The van der Waals surface area contributed by atoms with Crippen LogP contribution in [0.1, 0.15) is 58.1 Å². The zero-order valence-corrected chi connectivity index (χ0v) is 28.9. The van der Waals surface area contributed by atoms with Crippen molar-refractivity contribution >= 4 is 52.1 Å². The zero-order valence-electron chi connectivity index (χ0n) is 27.4. The maximum atomic E-state index is 16.1. The predicted octanol–water partition coefficient (Wildman–Crippen LogP) is 7.14. The molecule has 1 spiro atoms. The number of nitrogens with one attached hydrogen (secondary N) is 3. The Labute approximate surface area is 285 Å². The molecule has 11 heteroatoms. The molecule has 2 unspecified atom stereocenters. The van der Waals surface area contributed by atoms with Gasteiger partial charge in [0, 0.05) is 47.5 Å². The van der Waals surface area contributed by atoms with Crippen LogP contribution in [0.3, 0.4) is 0 Å². The molecule has 3 aromatic carbocycles. The van der Waals surface area contributed by atoms with Crippen LogP contribution < -0.4 is 25.6 Å². The number of fused-ring (bicyclic) bond motifs is 2. The van der Waals surface area contributed by atoms with Gasteiger partial charge in [0.2, 0.25) is 11.8 Å². The number of carbonyl (C=O) groups is 2. The van der Waals surface area contributed by atoms with Gasteiger partial charge in [-0.2, -0.15) is 0 Å². The minimum atomic E-state index is -1.35. The maximum Gasteiger partial charge on any atom is 0.242 e. The van der Waals surface area contributed by atoms with Crippen molar-refractivity contribution in [1.82, 2.24) is 5.32 Å². The molecule has 3 N–H and O–H groups in total. The first-order valence-electron chi connectivity index (χ1n) is 15.9. The number of halogens is 3. The molecular formula is C36H41Cl2FN4O4. The lowest BCUT2D eigenvalue weighted by atomic mass is 9.62. The van der Waals surface area contributed by atoms with Crippen LogP contribution in [-0.4, -0.2) is 56.3 Å². The van der Waals surface area contributed by atoms with E-state index in [-0.39, 0.29) is 34.1 Å². The number of carbonyl (C=O) groups excluding carboxylic acids is 2. The van der Waals surface area contributed by atoms with Crippen LogP contribution >= 0.6 is 23.2 Å². The Balaban J connectivity index is 1.44. The Morgan fingerprint density at radius 3 is 2.51 bits per heavy atom. The Morgan fingerprint density at radius 1 is 1.11 bits per heavy atom. The SMILES string of the molecule is COc1cc(N2CC(C)OC(C)C2)ccc1NC(=O)[C@@H]1N[C@@H](CC(C)(C)C)[C@@]2(C(=O)Nc3cc(Cl)ccc32)[C@H]1c1cccc(Cl)c1F. The third-order valence-electron chi connectivity index (χ3n) is 9.45. The lowest BCUT2D eigenvalue weighted by molar-refractivity contribution is -0.122. The Hall–Kier alpha value is -3.37. The molecule has 3 aliphatic heterocycles. The van der Waals surface area contributed by atoms with Crippen molar-refractivity contribution in [1.29, 1.82) is 0 Å². The Kier molecular flexibility index (Phi) is 8.98. The van der Waals surface area contributed by atoms with Crippen LogP contribution in [-0.2, 0) is 19.7 Å². The van der Waals surface area contributed by atoms with Crippen LogP contribution in [0.2, 0.25) is 10.0 Å². The largest absolute Gasteiger partial charge is 0.494 e. The van der Waals surface area contributed by atoms with E-state index < -0.39 is 35.1 Å². The number of benzene rings is 3. The van der Waals surface area contributed by atoms with Crippen LogP contribution in [0.25, 0.3) is 0 Å². The van der Waals surface area contributed by atoms with Gasteiger partial charge in [-0.15, -0.1) is 0 Å². The molecule has 250 valence electrons. The zero-order chi connectivity index (χ0) is 33.8. The van der Waals surface area contributed by atoms with Gasteiger partial charge in [0.1, 0.15) is 17.0 Å². The number of hydrogen-bond donors (Lipinski definition) is 3. The van der Waals surface area contributed by atoms with E-state index in [1.54, 1.807) is 37.4 Å². The van der Waals surface area contributed by atoms with E-state index >= 15 is 4.39 Å². The number of anilines is 3. The Bertz CT molecular complexity index is 1700. The summed E-state index contributed by atoms with van der Waals surface area (Å²) in [6.07, 6.45) is 0.659. The van der Waals surface area contributed by atoms with Crippen LogP contribution in [0.15, 0.2) is 54.6 Å². The quantitative estimate of drug-likeness (QED) is 0.256. The minimum absolute atomic E-state index is 0.0729. The number of rotatable bonds is 6. The fraction of sp³-hybridized carbons (Fsp3) is 0.444. The van der Waals surface area contributed by atoms with Crippen LogP contribution in [0.5, 0.6) is 5.75 Å². The maximum absolute atomic E-state index is 16.1. The van der Waals surface area contributed by atoms with Gasteiger partial charge in [-0.25, -0.2) is 4.39 Å². The van der Waals surface area contributed by atoms with Crippen molar-refractivity contribution in [2.45, 2.75) is 76.7 Å². The number of ether oxygens (including phenoxy) is 2. The molecule has 0 saturated carbocycles. The van der Waals surface area contributed by atoms with Gasteiger partial charge < -0.3 is 30.3 Å². The predicted molar refractivity (Wildman–Crippen MR) is 185 cm³/mol. The number of amides is 2. The summed E-state index contributed by atoms with van der Waals surface area (Å²) in [5.41, 5.74) is 1.18. The molecule has 0 aromatic heterocycles. The third kappa shape index (κ3) is 6.07.